The number of carbonyl (C=O) groups is 1. The molecule has 30 heavy (non-hydrogen) atoms. The molecule has 3 aromatic heterocycles. The van der Waals surface area contributed by atoms with Crippen molar-refractivity contribution in [3.8, 4) is 10.7 Å². The molecule has 0 spiro atoms. The van der Waals surface area contributed by atoms with E-state index >= 15 is 0 Å². The summed E-state index contributed by atoms with van der Waals surface area (Å²) in [7, 11) is 0. The fraction of sp³-hybridized carbons (Fsp3) is 0.105. The first-order chi connectivity index (χ1) is 14.5. The standard InChI is InChI=1S/C19H13BrF2N4O2S2/c20-13-7-11(21)8-14(22)17(13)23-16(27)10-30-19-25-24-18(15-4-2-6-29-15)26(19)9-12-3-1-5-28-12/h1-8H,9-10H2,(H,23,27). The molecule has 11 heteroatoms. The van der Waals surface area contributed by atoms with Crippen molar-refractivity contribution in [2.24, 2.45) is 0 Å². The SMILES string of the molecule is O=C(CSc1nnc(-c2cccs2)n1Cc1ccco1)Nc1c(F)cc(F)cc1Br. The van der Waals surface area contributed by atoms with Gasteiger partial charge in [-0.05, 0) is 45.6 Å². The molecule has 1 N–H and O–H groups in total. The Balaban J connectivity index is 1.51. The third kappa shape index (κ3) is 4.63. The number of hydrogen-bond acceptors (Lipinski definition) is 6. The summed E-state index contributed by atoms with van der Waals surface area (Å²) in [5.74, 6) is -0.714. The molecule has 0 fully saturated rings. The van der Waals surface area contributed by atoms with Crippen molar-refractivity contribution in [2.75, 3.05) is 11.1 Å². The minimum Gasteiger partial charge on any atom is -0.467 e. The van der Waals surface area contributed by atoms with Crippen LogP contribution in [0.1, 0.15) is 5.76 Å². The fourth-order valence-corrected chi connectivity index (χ4v) is 4.61. The van der Waals surface area contributed by atoms with E-state index in [1.807, 2.05) is 28.1 Å². The number of aromatic nitrogens is 3. The summed E-state index contributed by atoms with van der Waals surface area (Å²) in [4.78, 5) is 13.3. The van der Waals surface area contributed by atoms with Gasteiger partial charge in [0, 0.05) is 10.5 Å². The lowest BCUT2D eigenvalue weighted by atomic mass is 10.3. The molecule has 0 atom stereocenters. The number of thioether (sulfide) groups is 1. The van der Waals surface area contributed by atoms with Crippen molar-refractivity contribution in [3.05, 3.63) is 69.9 Å². The van der Waals surface area contributed by atoms with Crippen LogP contribution < -0.4 is 5.32 Å². The van der Waals surface area contributed by atoms with Gasteiger partial charge in [0.25, 0.3) is 0 Å². The molecule has 0 saturated heterocycles. The van der Waals surface area contributed by atoms with Gasteiger partial charge in [0.05, 0.1) is 29.1 Å². The molecule has 0 aliphatic heterocycles. The van der Waals surface area contributed by atoms with Crippen molar-refractivity contribution in [1.29, 1.82) is 0 Å². The number of halogens is 3. The largest absolute Gasteiger partial charge is 0.467 e. The van der Waals surface area contributed by atoms with Crippen molar-refractivity contribution in [2.45, 2.75) is 11.7 Å². The molecule has 4 rings (SSSR count). The van der Waals surface area contributed by atoms with Crippen LogP contribution in [0.5, 0.6) is 0 Å². The molecule has 0 aliphatic carbocycles. The van der Waals surface area contributed by atoms with E-state index in [0.29, 0.717) is 23.6 Å². The van der Waals surface area contributed by atoms with E-state index in [-0.39, 0.29) is 15.9 Å². The molecule has 3 heterocycles. The molecular weight excluding hydrogens is 498 g/mol. The normalized spacial score (nSPS) is 11.0. The zero-order chi connectivity index (χ0) is 21.1. The number of benzene rings is 1. The van der Waals surface area contributed by atoms with Gasteiger partial charge in [0.1, 0.15) is 11.6 Å². The van der Waals surface area contributed by atoms with E-state index in [2.05, 4.69) is 31.4 Å². The molecule has 0 bridgehead atoms. The molecule has 0 unspecified atom stereocenters. The smallest absolute Gasteiger partial charge is 0.234 e. The zero-order valence-corrected chi connectivity index (χ0v) is 18.4. The summed E-state index contributed by atoms with van der Waals surface area (Å²) in [6.45, 7) is 0.398. The Kier molecular flexibility index (Phi) is 6.30. The number of nitrogens with one attached hydrogen (secondary N) is 1. The number of rotatable bonds is 7. The number of furan rings is 1. The average Bonchev–Trinajstić information content (AvgIpc) is 3.45. The lowest BCUT2D eigenvalue weighted by molar-refractivity contribution is -0.113. The van der Waals surface area contributed by atoms with E-state index in [1.54, 1.807) is 12.3 Å². The van der Waals surface area contributed by atoms with Crippen LogP contribution in [0.25, 0.3) is 10.7 Å². The molecular formula is C19H13BrF2N4O2S2. The van der Waals surface area contributed by atoms with Crippen LogP contribution in [0.15, 0.2) is 62.1 Å². The highest BCUT2D eigenvalue weighted by Gasteiger charge is 2.19. The summed E-state index contributed by atoms with van der Waals surface area (Å²) in [6, 6.07) is 9.28. The first kappa shape index (κ1) is 20.8. The van der Waals surface area contributed by atoms with Gasteiger partial charge < -0.3 is 9.73 Å². The summed E-state index contributed by atoms with van der Waals surface area (Å²) in [5.41, 5.74) is -0.113. The minimum absolute atomic E-state index is 0.0377. The fourth-order valence-electron chi connectivity index (χ4n) is 2.65. The van der Waals surface area contributed by atoms with Gasteiger partial charge in [0.2, 0.25) is 5.91 Å². The van der Waals surface area contributed by atoms with Crippen LogP contribution in [0.3, 0.4) is 0 Å². The monoisotopic (exact) mass is 510 g/mol. The third-order valence-corrected chi connectivity index (χ3v) is 6.41. The number of carbonyl (C=O) groups excluding carboxylic acids is 1. The predicted octanol–water partition coefficient (Wildman–Crippen LogP) is 5.42. The average molecular weight is 511 g/mol. The number of hydrogen-bond donors (Lipinski definition) is 1. The number of anilines is 1. The third-order valence-electron chi connectivity index (χ3n) is 3.96. The van der Waals surface area contributed by atoms with Crippen LogP contribution >= 0.6 is 39.0 Å². The van der Waals surface area contributed by atoms with E-state index in [0.717, 1.165) is 28.5 Å². The second kappa shape index (κ2) is 9.11. The predicted molar refractivity (Wildman–Crippen MR) is 115 cm³/mol. The summed E-state index contributed by atoms with van der Waals surface area (Å²) >= 11 is 5.74. The highest BCUT2D eigenvalue weighted by Crippen LogP contribution is 2.30. The second-order valence-electron chi connectivity index (χ2n) is 6.03. The van der Waals surface area contributed by atoms with Gasteiger partial charge in [-0.2, -0.15) is 0 Å². The van der Waals surface area contributed by atoms with Crippen LogP contribution in [0.2, 0.25) is 0 Å². The van der Waals surface area contributed by atoms with Gasteiger partial charge in [-0.25, -0.2) is 8.78 Å². The van der Waals surface area contributed by atoms with E-state index in [1.165, 1.54) is 11.3 Å². The Bertz CT molecular complexity index is 1140. The Morgan fingerprint density at radius 2 is 2.13 bits per heavy atom. The van der Waals surface area contributed by atoms with Crippen molar-refractivity contribution >= 4 is 50.6 Å². The maximum absolute atomic E-state index is 13.9. The van der Waals surface area contributed by atoms with E-state index in [9.17, 15) is 13.6 Å². The maximum atomic E-state index is 13.9. The van der Waals surface area contributed by atoms with Gasteiger partial charge >= 0.3 is 0 Å². The van der Waals surface area contributed by atoms with E-state index < -0.39 is 17.5 Å². The maximum Gasteiger partial charge on any atom is 0.234 e. The first-order valence-corrected chi connectivity index (χ1v) is 11.2. The van der Waals surface area contributed by atoms with Gasteiger partial charge in [0.15, 0.2) is 16.8 Å². The molecule has 4 aromatic rings. The van der Waals surface area contributed by atoms with Gasteiger partial charge in [-0.15, -0.1) is 21.5 Å². The summed E-state index contributed by atoms with van der Waals surface area (Å²) in [5, 5.41) is 13.4. The number of amides is 1. The Morgan fingerprint density at radius 3 is 2.83 bits per heavy atom. The number of nitrogens with zero attached hydrogens (tertiary/aromatic N) is 3. The zero-order valence-electron chi connectivity index (χ0n) is 15.1. The molecule has 0 aliphatic rings. The first-order valence-electron chi connectivity index (χ1n) is 8.58. The Morgan fingerprint density at radius 1 is 1.27 bits per heavy atom. The number of thiophene rings is 1. The Labute approximate surface area is 186 Å². The topological polar surface area (TPSA) is 73.0 Å². The van der Waals surface area contributed by atoms with Crippen molar-refractivity contribution < 1.29 is 18.0 Å². The van der Waals surface area contributed by atoms with Crippen LogP contribution in [-0.4, -0.2) is 26.4 Å². The van der Waals surface area contributed by atoms with Gasteiger partial charge in [-0.3, -0.25) is 9.36 Å². The quantitative estimate of drug-likeness (QED) is 0.336. The lowest BCUT2D eigenvalue weighted by Gasteiger charge is -2.10. The van der Waals surface area contributed by atoms with Crippen LogP contribution in [0, 0.1) is 11.6 Å². The molecule has 6 nitrogen and oxygen atoms in total. The Hall–Kier alpha value is -2.50. The van der Waals surface area contributed by atoms with Gasteiger partial charge in [-0.1, -0.05) is 17.8 Å². The molecule has 0 radical (unpaired) electrons. The van der Waals surface area contributed by atoms with Crippen molar-refractivity contribution in [1.82, 2.24) is 14.8 Å². The highest BCUT2D eigenvalue weighted by atomic mass is 79.9. The van der Waals surface area contributed by atoms with E-state index in [4.69, 9.17) is 4.42 Å². The highest BCUT2D eigenvalue weighted by molar-refractivity contribution is 9.10. The summed E-state index contributed by atoms with van der Waals surface area (Å²) < 4.78 is 34.6. The van der Waals surface area contributed by atoms with Crippen LogP contribution in [-0.2, 0) is 11.3 Å². The molecule has 154 valence electrons. The minimum atomic E-state index is -0.860. The molecule has 0 saturated carbocycles. The van der Waals surface area contributed by atoms with Crippen molar-refractivity contribution in [3.63, 3.8) is 0 Å². The molecule has 1 aromatic carbocycles. The van der Waals surface area contributed by atoms with Crippen LogP contribution in [0.4, 0.5) is 14.5 Å². The summed E-state index contributed by atoms with van der Waals surface area (Å²) in [6.07, 6.45) is 1.58. The lowest BCUT2D eigenvalue weighted by Crippen LogP contribution is -2.16. The molecule has 1 amide bonds. The second-order valence-corrected chi connectivity index (χ2v) is 8.77.